The molecule has 5 heteroatoms. The first-order chi connectivity index (χ1) is 37.5. The van der Waals surface area contributed by atoms with Gasteiger partial charge in [0.15, 0.2) is 0 Å². The zero-order chi connectivity index (χ0) is 59.2. The van der Waals surface area contributed by atoms with E-state index in [0.717, 1.165) is 44.6 Å². The Balaban J connectivity index is 0.00000880. The van der Waals surface area contributed by atoms with Crippen LogP contribution < -0.4 is 0 Å². The first-order valence-corrected chi connectivity index (χ1v) is 23.9. The van der Waals surface area contributed by atoms with Crippen LogP contribution in [-0.4, -0.2) is 19.6 Å². The second-order valence-electron chi connectivity index (χ2n) is 21.0. The maximum absolute atomic E-state index is 12.6. The van der Waals surface area contributed by atoms with Crippen LogP contribution in [0.2, 0.25) is 0 Å². The van der Waals surface area contributed by atoms with Gasteiger partial charge in [0.1, 0.15) is 11.6 Å². The summed E-state index contributed by atoms with van der Waals surface area (Å²) in [6.07, 6.45) is 1.64. The number of aromatic nitrogens is 3. The van der Waals surface area contributed by atoms with Gasteiger partial charge < -0.3 is 5.11 Å². The fourth-order valence-electron chi connectivity index (χ4n) is 9.11. The molecule has 2 heterocycles. The van der Waals surface area contributed by atoms with Gasteiger partial charge in [-0.3, -0.25) is 9.55 Å². The molecule has 0 amide bonds. The van der Waals surface area contributed by atoms with Gasteiger partial charge in [-0.2, -0.15) is 0 Å². The summed E-state index contributed by atoms with van der Waals surface area (Å²) in [5, 5.41) is 12.6. The molecule has 0 aliphatic rings. The van der Waals surface area contributed by atoms with Gasteiger partial charge in [-0.25, -0.2) is 4.98 Å². The number of imidazole rings is 1. The zero-order valence-electron chi connectivity index (χ0n) is 53.1. The molecule has 0 saturated carbocycles. The number of phenolic OH excluding ortho intramolecular Hbond substituents is 1. The van der Waals surface area contributed by atoms with Gasteiger partial charge in [0, 0.05) is 53.6 Å². The van der Waals surface area contributed by atoms with E-state index in [9.17, 15) is 7.85 Å². The number of nitrogens with zero attached hydrogens (tertiary/aromatic N) is 3. The Morgan fingerprint density at radius 1 is 0.549 bits per heavy atom. The van der Waals surface area contributed by atoms with E-state index in [1.165, 1.54) is 29.8 Å². The number of phenols is 1. The van der Waals surface area contributed by atoms with E-state index < -0.39 is 37.8 Å². The zero-order valence-corrected chi connectivity index (χ0v) is 44.4. The Labute approximate surface area is 453 Å². The summed E-state index contributed by atoms with van der Waals surface area (Å²) in [5.41, 5.74) is 9.50. The van der Waals surface area contributed by atoms with Crippen LogP contribution >= 0.6 is 0 Å². The van der Waals surface area contributed by atoms with Crippen LogP contribution in [-0.2, 0) is 37.3 Å². The SMILES string of the molecule is [2H]C(C)(C)c1cc(-c2nc3c(-c4[c-]c(-c5cc(-c6ccc(C(C([2H])([2H])[2H])(C([2H])([2H])[2H])C([2H])([2H])[2H])cc6)ccn5)cc(-c5ccccc5)c4)cccc3n2-c2ccc(C(C)(C)C)cc2-c2ccc(C(C)(C)C)cc2)c(O)c(C([2H])(C)C)c1.[Pt]. The standard InChI is InChI=1S/C66H68N3O.Pt/c1-41(2)47-37-55(42(3)4)62(70)57(38-47)63-68-61-54(20-17-21-60(61)69(63)59-31-30-53(66(11,12)13)40-56(59)45-24-28-52(29-25-45)65(8,9)10)49-34-48(43-18-15-14-16-19-43)35-50(36-49)58-39-46(32-33-67-58)44-22-26-51(27-23-44)64(5,6)7;/h14-35,37-42,70H,1-13H3;/q-1;/i5D3,6D3,7D3,41D,42D;. The predicted octanol–water partition coefficient (Wildman–Crippen LogP) is 18.1. The normalized spacial score (nSPS) is 15.3. The topological polar surface area (TPSA) is 50.9 Å². The average Bonchev–Trinajstić information content (AvgIpc) is 2.41. The third-order valence-electron chi connectivity index (χ3n) is 13.3. The quantitative estimate of drug-likeness (QED) is 0.147. The summed E-state index contributed by atoms with van der Waals surface area (Å²) in [6, 6.07) is 51.6. The van der Waals surface area contributed by atoms with Crippen LogP contribution in [0.15, 0.2) is 158 Å². The van der Waals surface area contributed by atoms with Crippen LogP contribution in [0.5, 0.6) is 5.75 Å². The molecular weight excluding hydrogens is 1050 g/mol. The number of hydrogen-bond acceptors (Lipinski definition) is 3. The summed E-state index contributed by atoms with van der Waals surface area (Å²) < 4.78 is 94.8. The Morgan fingerprint density at radius 3 is 1.80 bits per heavy atom. The average molecular weight is 1130 g/mol. The summed E-state index contributed by atoms with van der Waals surface area (Å²) in [4.78, 5) is 10.4. The minimum atomic E-state index is -3.40. The Bertz CT molecular complexity index is 3780. The van der Waals surface area contributed by atoms with Crippen molar-refractivity contribution in [1.82, 2.24) is 14.5 Å². The molecule has 0 fully saturated rings. The number of para-hydroxylation sites is 1. The van der Waals surface area contributed by atoms with Crippen molar-refractivity contribution in [3.8, 4) is 78.6 Å². The molecule has 0 bridgehead atoms. The summed E-state index contributed by atoms with van der Waals surface area (Å²) >= 11 is 0. The van der Waals surface area contributed by atoms with Gasteiger partial charge in [0.2, 0.25) is 0 Å². The Kier molecular flexibility index (Phi) is 10.6. The number of fused-ring (bicyclic) bond motifs is 1. The van der Waals surface area contributed by atoms with E-state index in [2.05, 4.69) is 101 Å². The number of hydrogen-bond donors (Lipinski definition) is 1. The van der Waals surface area contributed by atoms with Crippen LogP contribution in [0.3, 0.4) is 0 Å². The maximum atomic E-state index is 12.6. The van der Waals surface area contributed by atoms with Crippen molar-refractivity contribution < 1.29 is 41.3 Å². The largest absolute Gasteiger partial charge is 0.507 e. The number of aromatic hydroxyl groups is 1. The summed E-state index contributed by atoms with van der Waals surface area (Å²) in [5.74, 6) is -2.05. The van der Waals surface area contributed by atoms with Crippen molar-refractivity contribution in [3.63, 3.8) is 0 Å². The molecule has 0 radical (unpaired) electrons. The van der Waals surface area contributed by atoms with Crippen molar-refractivity contribution in [1.29, 1.82) is 0 Å². The first kappa shape index (κ1) is 38.3. The van der Waals surface area contributed by atoms with Crippen LogP contribution in [0, 0.1) is 6.07 Å². The Hall–Kier alpha value is -6.35. The molecule has 364 valence electrons. The molecule has 0 saturated heterocycles. The Morgan fingerprint density at radius 2 is 1.17 bits per heavy atom. The van der Waals surface area contributed by atoms with Gasteiger partial charge in [-0.15, -0.1) is 23.8 Å². The molecule has 2 aromatic heterocycles. The molecule has 0 spiro atoms. The molecule has 71 heavy (non-hydrogen) atoms. The van der Waals surface area contributed by atoms with Crippen molar-refractivity contribution in [2.45, 2.75) is 118 Å². The molecule has 4 nitrogen and oxygen atoms in total. The van der Waals surface area contributed by atoms with Crippen molar-refractivity contribution in [2.75, 3.05) is 0 Å². The minimum Gasteiger partial charge on any atom is -0.507 e. The molecule has 0 unspecified atom stereocenters. The van der Waals surface area contributed by atoms with E-state index >= 15 is 0 Å². The molecule has 0 aliphatic heterocycles. The summed E-state index contributed by atoms with van der Waals surface area (Å²) in [7, 11) is 0. The first-order valence-electron chi connectivity index (χ1n) is 29.4. The van der Waals surface area contributed by atoms with E-state index in [4.69, 9.17) is 22.3 Å². The fourth-order valence-corrected chi connectivity index (χ4v) is 9.11. The van der Waals surface area contributed by atoms with E-state index in [0.29, 0.717) is 56.0 Å². The molecule has 7 aromatic carbocycles. The van der Waals surface area contributed by atoms with E-state index in [1.54, 1.807) is 46.0 Å². The minimum absolute atomic E-state index is 0. The molecule has 0 atom stereocenters. The van der Waals surface area contributed by atoms with Crippen molar-refractivity contribution >= 4 is 11.0 Å². The fraction of sp³-hybridized carbons (Fsp3) is 0.273. The number of rotatable bonds is 9. The molecule has 1 N–H and O–H groups in total. The van der Waals surface area contributed by atoms with Crippen LogP contribution in [0.4, 0.5) is 0 Å². The maximum Gasteiger partial charge on any atom is 0.148 e. The van der Waals surface area contributed by atoms with Crippen molar-refractivity contribution in [2.24, 2.45) is 0 Å². The molecular formula is C66H68N3OPt-. The number of pyridine rings is 1. The third-order valence-corrected chi connectivity index (χ3v) is 13.3. The molecule has 9 aromatic rings. The smallest absolute Gasteiger partial charge is 0.148 e. The van der Waals surface area contributed by atoms with E-state index in [-0.39, 0.29) is 43.2 Å². The van der Waals surface area contributed by atoms with Gasteiger partial charge in [0.25, 0.3) is 0 Å². The second-order valence-corrected chi connectivity index (χ2v) is 21.0. The molecule has 0 aliphatic carbocycles. The van der Waals surface area contributed by atoms with E-state index in [1.807, 2.05) is 66.7 Å². The second kappa shape index (κ2) is 19.7. The van der Waals surface area contributed by atoms with Crippen LogP contribution in [0.1, 0.15) is 144 Å². The number of benzene rings is 7. The molecule has 9 rings (SSSR count). The third kappa shape index (κ3) is 10.4. The van der Waals surface area contributed by atoms with Crippen LogP contribution in [0.25, 0.3) is 83.9 Å². The van der Waals surface area contributed by atoms with Crippen molar-refractivity contribution in [3.05, 3.63) is 192 Å². The van der Waals surface area contributed by atoms with Gasteiger partial charge in [-0.05, 0) is 108 Å². The van der Waals surface area contributed by atoms with Gasteiger partial charge in [-0.1, -0.05) is 216 Å². The monoisotopic (exact) mass is 1120 g/mol. The van der Waals surface area contributed by atoms with Gasteiger partial charge in [0.05, 0.1) is 22.3 Å². The summed E-state index contributed by atoms with van der Waals surface area (Å²) in [6.45, 7) is 9.99. The van der Waals surface area contributed by atoms with Gasteiger partial charge >= 0.3 is 0 Å². The predicted molar refractivity (Wildman–Crippen MR) is 296 cm³/mol.